The zero-order valence-corrected chi connectivity index (χ0v) is 14.4. The average molecular weight is 294 g/mol. The lowest BCUT2D eigenvalue weighted by atomic mass is 9.78. The van der Waals surface area contributed by atoms with Gasteiger partial charge in [-0.25, -0.2) is 0 Å². The van der Waals surface area contributed by atoms with E-state index >= 15 is 0 Å². The van der Waals surface area contributed by atoms with Gasteiger partial charge in [-0.3, -0.25) is 0 Å². The maximum absolute atomic E-state index is 3.60. The summed E-state index contributed by atoms with van der Waals surface area (Å²) in [6.45, 7) is 9.17. The van der Waals surface area contributed by atoms with Gasteiger partial charge < -0.3 is 5.32 Å². The Bertz CT molecular complexity index is 402. The van der Waals surface area contributed by atoms with Crippen molar-refractivity contribution in [3.8, 4) is 0 Å². The van der Waals surface area contributed by atoms with Crippen molar-refractivity contribution in [3.05, 3.63) is 21.4 Å². The molecule has 0 aromatic carbocycles. The van der Waals surface area contributed by atoms with Crippen LogP contribution in [0, 0.1) is 19.3 Å². The number of hydrogen-bond donors (Lipinski definition) is 1. The normalized spacial score (nSPS) is 17.8. The number of thiophene rings is 1. The van der Waals surface area contributed by atoms with Gasteiger partial charge >= 0.3 is 0 Å². The van der Waals surface area contributed by atoms with Crippen molar-refractivity contribution in [3.63, 3.8) is 0 Å². The topological polar surface area (TPSA) is 12.0 Å². The first-order chi connectivity index (χ1) is 9.65. The Hall–Kier alpha value is -0.340. The van der Waals surface area contributed by atoms with Gasteiger partial charge in [-0.15, -0.1) is 11.3 Å². The number of hydrogen-bond acceptors (Lipinski definition) is 2. The van der Waals surface area contributed by atoms with Gasteiger partial charge in [-0.1, -0.05) is 19.8 Å². The molecule has 114 valence electrons. The van der Waals surface area contributed by atoms with Gasteiger partial charge in [0.05, 0.1) is 0 Å². The second-order valence-electron chi connectivity index (χ2n) is 6.67. The third-order valence-corrected chi connectivity index (χ3v) is 6.16. The van der Waals surface area contributed by atoms with E-state index in [0.717, 1.165) is 0 Å². The molecule has 0 atom stereocenters. The van der Waals surface area contributed by atoms with Crippen LogP contribution in [0.5, 0.6) is 0 Å². The molecule has 2 heteroatoms. The first kappa shape index (κ1) is 16.0. The largest absolute Gasteiger partial charge is 0.317 e. The van der Waals surface area contributed by atoms with E-state index in [4.69, 9.17) is 0 Å². The van der Waals surface area contributed by atoms with Crippen LogP contribution in [0.2, 0.25) is 0 Å². The standard InChI is InChI=1S/C18H31NS/c1-4-12-19-13-11-18(8-5-6-9-18)10-7-17-15(2)14-16(3)20-17/h14,19H,4-13H2,1-3H3. The molecular formula is C18H31NS. The van der Waals surface area contributed by atoms with E-state index < -0.39 is 0 Å². The minimum Gasteiger partial charge on any atom is -0.317 e. The Kier molecular flexibility index (Phi) is 6.10. The van der Waals surface area contributed by atoms with Crippen LogP contribution in [0.15, 0.2) is 6.07 Å². The van der Waals surface area contributed by atoms with Crippen LogP contribution in [0.1, 0.15) is 67.2 Å². The van der Waals surface area contributed by atoms with Crippen molar-refractivity contribution in [2.45, 2.75) is 72.1 Å². The van der Waals surface area contributed by atoms with Gasteiger partial charge in [-0.05, 0) is 82.5 Å². The zero-order chi connectivity index (χ0) is 14.4. The molecule has 1 fully saturated rings. The quantitative estimate of drug-likeness (QED) is 0.646. The van der Waals surface area contributed by atoms with Crippen LogP contribution >= 0.6 is 11.3 Å². The van der Waals surface area contributed by atoms with Crippen LogP contribution in [-0.4, -0.2) is 13.1 Å². The fourth-order valence-electron chi connectivity index (χ4n) is 3.72. The smallest absolute Gasteiger partial charge is 0.00774 e. The summed E-state index contributed by atoms with van der Waals surface area (Å²) >= 11 is 2.01. The van der Waals surface area contributed by atoms with Gasteiger partial charge in [0.15, 0.2) is 0 Å². The number of nitrogens with one attached hydrogen (secondary N) is 1. The highest BCUT2D eigenvalue weighted by atomic mass is 32.1. The molecule has 0 radical (unpaired) electrons. The SMILES string of the molecule is CCCNCCC1(CCc2sc(C)cc2C)CCCC1. The molecule has 0 saturated heterocycles. The Morgan fingerprint density at radius 2 is 1.90 bits per heavy atom. The van der Waals surface area contributed by atoms with E-state index in [2.05, 4.69) is 32.2 Å². The first-order valence-corrected chi connectivity index (χ1v) is 9.23. The van der Waals surface area contributed by atoms with E-state index in [0.29, 0.717) is 5.41 Å². The zero-order valence-electron chi connectivity index (χ0n) is 13.6. The molecule has 1 aliphatic rings. The fourth-order valence-corrected chi connectivity index (χ4v) is 4.77. The molecule has 0 bridgehead atoms. The summed E-state index contributed by atoms with van der Waals surface area (Å²) in [4.78, 5) is 3.11. The average Bonchev–Trinajstić information content (AvgIpc) is 3.00. The molecule has 20 heavy (non-hydrogen) atoms. The molecule has 1 saturated carbocycles. The summed E-state index contributed by atoms with van der Waals surface area (Å²) in [6.07, 6.45) is 11.2. The molecule has 0 amide bonds. The summed E-state index contributed by atoms with van der Waals surface area (Å²) in [7, 11) is 0. The van der Waals surface area contributed by atoms with Crippen LogP contribution in [0.25, 0.3) is 0 Å². The molecular weight excluding hydrogens is 262 g/mol. The Morgan fingerprint density at radius 1 is 1.15 bits per heavy atom. The number of rotatable bonds is 8. The molecule has 1 N–H and O–H groups in total. The Labute approximate surface area is 129 Å². The number of aryl methyl sites for hydroxylation is 3. The van der Waals surface area contributed by atoms with Gasteiger partial charge in [0.1, 0.15) is 0 Å². The third kappa shape index (κ3) is 4.33. The van der Waals surface area contributed by atoms with E-state index in [9.17, 15) is 0 Å². The maximum Gasteiger partial charge on any atom is 0.00774 e. The summed E-state index contributed by atoms with van der Waals surface area (Å²) in [5, 5.41) is 3.60. The lowest BCUT2D eigenvalue weighted by Crippen LogP contribution is -2.25. The van der Waals surface area contributed by atoms with Crippen molar-refractivity contribution >= 4 is 11.3 Å². The predicted molar refractivity (Wildman–Crippen MR) is 90.8 cm³/mol. The highest BCUT2D eigenvalue weighted by Gasteiger charge is 2.32. The first-order valence-electron chi connectivity index (χ1n) is 8.42. The van der Waals surface area contributed by atoms with Gasteiger partial charge in [0.25, 0.3) is 0 Å². The van der Waals surface area contributed by atoms with E-state index in [1.165, 1.54) is 74.9 Å². The molecule has 0 unspecified atom stereocenters. The maximum atomic E-state index is 3.60. The summed E-state index contributed by atoms with van der Waals surface area (Å²) in [6, 6.07) is 2.35. The lowest BCUT2D eigenvalue weighted by molar-refractivity contribution is 0.246. The van der Waals surface area contributed by atoms with Crippen LogP contribution in [0.3, 0.4) is 0 Å². The van der Waals surface area contributed by atoms with Crippen molar-refractivity contribution < 1.29 is 0 Å². The molecule has 1 heterocycles. The molecule has 2 rings (SSSR count). The molecule has 1 aliphatic carbocycles. The minimum absolute atomic E-state index is 0.644. The van der Waals surface area contributed by atoms with Crippen LogP contribution < -0.4 is 5.32 Å². The second-order valence-corrected chi connectivity index (χ2v) is 8.01. The second kappa shape index (κ2) is 7.61. The predicted octanol–water partition coefficient (Wildman–Crippen LogP) is 5.25. The summed E-state index contributed by atoms with van der Waals surface area (Å²) in [5.41, 5.74) is 2.16. The van der Waals surface area contributed by atoms with Gasteiger partial charge in [0, 0.05) is 9.75 Å². The Morgan fingerprint density at radius 3 is 2.50 bits per heavy atom. The minimum atomic E-state index is 0.644. The molecule has 1 aromatic rings. The van der Waals surface area contributed by atoms with Crippen LogP contribution in [0.4, 0.5) is 0 Å². The van der Waals surface area contributed by atoms with Gasteiger partial charge in [-0.2, -0.15) is 0 Å². The van der Waals surface area contributed by atoms with Crippen molar-refractivity contribution in [2.24, 2.45) is 5.41 Å². The van der Waals surface area contributed by atoms with E-state index in [1.807, 2.05) is 11.3 Å². The third-order valence-electron chi connectivity index (χ3n) is 4.95. The highest BCUT2D eigenvalue weighted by molar-refractivity contribution is 7.12. The molecule has 0 aliphatic heterocycles. The lowest BCUT2D eigenvalue weighted by Gasteiger charge is -2.29. The van der Waals surface area contributed by atoms with E-state index in [-0.39, 0.29) is 0 Å². The monoisotopic (exact) mass is 293 g/mol. The highest BCUT2D eigenvalue weighted by Crippen LogP contribution is 2.45. The van der Waals surface area contributed by atoms with Crippen molar-refractivity contribution in [1.82, 2.24) is 5.32 Å². The van der Waals surface area contributed by atoms with Crippen molar-refractivity contribution in [1.29, 1.82) is 0 Å². The van der Waals surface area contributed by atoms with E-state index in [1.54, 1.807) is 4.88 Å². The Balaban J connectivity index is 1.87. The molecule has 1 aromatic heterocycles. The summed E-state index contributed by atoms with van der Waals surface area (Å²) in [5.74, 6) is 0. The van der Waals surface area contributed by atoms with Crippen molar-refractivity contribution in [2.75, 3.05) is 13.1 Å². The molecule has 1 nitrogen and oxygen atoms in total. The molecule has 0 spiro atoms. The summed E-state index contributed by atoms with van der Waals surface area (Å²) < 4.78 is 0. The fraction of sp³-hybridized carbons (Fsp3) is 0.778. The van der Waals surface area contributed by atoms with Gasteiger partial charge in [0.2, 0.25) is 0 Å². The van der Waals surface area contributed by atoms with Crippen LogP contribution in [-0.2, 0) is 6.42 Å².